The number of benzene rings is 1. The van der Waals surface area contributed by atoms with Gasteiger partial charge in [0.15, 0.2) is 0 Å². The lowest BCUT2D eigenvalue weighted by Crippen LogP contribution is -2.53. The molecule has 0 saturated heterocycles. The van der Waals surface area contributed by atoms with Crippen LogP contribution in [0.15, 0.2) is 48.9 Å². The van der Waals surface area contributed by atoms with Gasteiger partial charge in [-0.15, -0.1) is 0 Å². The van der Waals surface area contributed by atoms with Crippen molar-refractivity contribution >= 4 is 17.8 Å². The molecular formula is C24H24FN7O2. The Morgan fingerprint density at radius 3 is 2.59 bits per heavy atom. The number of nitrogens with one attached hydrogen (secondary N) is 1. The van der Waals surface area contributed by atoms with Gasteiger partial charge in [-0.25, -0.2) is 9.97 Å². The van der Waals surface area contributed by atoms with Gasteiger partial charge in [-0.2, -0.15) is 19.4 Å². The van der Waals surface area contributed by atoms with E-state index >= 15 is 4.39 Å². The van der Waals surface area contributed by atoms with Crippen LogP contribution in [-0.2, 0) is 4.79 Å². The Bertz CT molecular complexity index is 1420. The molecule has 0 radical (unpaired) electrons. The maximum Gasteiger partial charge on any atom is 0.298 e. The molecule has 0 atom stereocenters. The molecule has 0 spiro atoms. The molecule has 1 aromatic carbocycles. The molecule has 1 aliphatic rings. The summed E-state index contributed by atoms with van der Waals surface area (Å²) in [5.41, 5.74) is 2.40. The van der Waals surface area contributed by atoms with E-state index in [1.807, 2.05) is 0 Å². The summed E-state index contributed by atoms with van der Waals surface area (Å²) in [5.74, 6) is -0.249. The molecule has 0 amide bonds. The molecule has 4 aromatic rings. The van der Waals surface area contributed by atoms with Gasteiger partial charge in [-0.3, -0.25) is 9.20 Å². The van der Waals surface area contributed by atoms with Crippen LogP contribution in [0.5, 0.6) is 5.75 Å². The summed E-state index contributed by atoms with van der Waals surface area (Å²) in [4.78, 5) is 21.6. The normalized spacial score (nSPS) is 16.9. The quantitative estimate of drug-likeness (QED) is 0.454. The number of imidazole rings is 1. The topological polar surface area (TPSA) is 99.2 Å². The Balaban J connectivity index is 1.59. The molecule has 0 fully saturated rings. The van der Waals surface area contributed by atoms with Crippen LogP contribution in [0.4, 0.5) is 4.39 Å². The second kappa shape index (κ2) is 7.84. The van der Waals surface area contributed by atoms with Gasteiger partial charge in [0.25, 0.3) is 6.47 Å². The van der Waals surface area contributed by atoms with E-state index in [0.29, 0.717) is 11.3 Å². The van der Waals surface area contributed by atoms with Crippen molar-refractivity contribution in [3.63, 3.8) is 0 Å². The molecule has 3 aromatic heterocycles. The van der Waals surface area contributed by atoms with E-state index in [1.54, 1.807) is 30.5 Å². The largest absolute Gasteiger partial charge is 0.428 e. The molecule has 0 bridgehead atoms. The lowest BCUT2D eigenvalue weighted by Gasteiger charge is -2.41. The number of fused-ring (bicyclic) bond motifs is 1. The Hall–Kier alpha value is -3.92. The fourth-order valence-electron chi connectivity index (χ4n) is 4.66. The standard InChI is InChI=1S/C24H24FN7O2/c1-23(2)12-15(13-24(3,4)30-23)18-7-10-31-21(25)20(29-22(31)28-18)17-6-5-16(11-19(17)34-14-33)32-26-8-9-27-32/h5-12,14,30H,13H2,1-4H3. The minimum atomic E-state index is -0.602. The minimum absolute atomic E-state index is 0.0291. The van der Waals surface area contributed by atoms with Gasteiger partial charge in [0.05, 0.1) is 23.8 Å². The summed E-state index contributed by atoms with van der Waals surface area (Å²) in [7, 11) is 0. The number of aromatic nitrogens is 6. The first-order valence-electron chi connectivity index (χ1n) is 10.8. The number of hydrogen-bond donors (Lipinski definition) is 1. The highest BCUT2D eigenvalue weighted by molar-refractivity contribution is 5.73. The third kappa shape index (κ3) is 3.96. The van der Waals surface area contributed by atoms with Crippen LogP contribution in [0, 0.1) is 5.95 Å². The summed E-state index contributed by atoms with van der Waals surface area (Å²) >= 11 is 0. The van der Waals surface area contributed by atoms with E-state index in [-0.39, 0.29) is 34.8 Å². The van der Waals surface area contributed by atoms with Crippen molar-refractivity contribution in [3.05, 3.63) is 60.6 Å². The van der Waals surface area contributed by atoms with Crippen LogP contribution < -0.4 is 10.1 Å². The van der Waals surface area contributed by atoms with E-state index in [2.05, 4.69) is 59.3 Å². The smallest absolute Gasteiger partial charge is 0.298 e. The molecule has 0 aliphatic carbocycles. The molecule has 174 valence electrons. The Labute approximate surface area is 195 Å². The van der Waals surface area contributed by atoms with Crippen molar-refractivity contribution in [3.8, 4) is 22.7 Å². The average molecular weight is 462 g/mol. The maximum absolute atomic E-state index is 15.4. The molecular weight excluding hydrogens is 437 g/mol. The van der Waals surface area contributed by atoms with Crippen molar-refractivity contribution in [2.24, 2.45) is 0 Å². The predicted octanol–water partition coefficient (Wildman–Crippen LogP) is 3.59. The monoisotopic (exact) mass is 461 g/mol. The summed E-state index contributed by atoms with van der Waals surface area (Å²) in [6.07, 6.45) is 7.60. The van der Waals surface area contributed by atoms with E-state index < -0.39 is 5.95 Å². The molecule has 0 saturated carbocycles. The van der Waals surface area contributed by atoms with Gasteiger partial charge >= 0.3 is 0 Å². The number of carbonyl (C=O) groups excluding carboxylic acids is 1. The van der Waals surface area contributed by atoms with Crippen molar-refractivity contribution < 1.29 is 13.9 Å². The van der Waals surface area contributed by atoms with Crippen LogP contribution >= 0.6 is 0 Å². The van der Waals surface area contributed by atoms with Crippen molar-refractivity contribution in [2.75, 3.05) is 0 Å². The Kier molecular flexibility index (Phi) is 5.05. The summed E-state index contributed by atoms with van der Waals surface area (Å²) in [6.45, 7) is 8.79. The number of carbonyl (C=O) groups is 1. The fourth-order valence-corrected chi connectivity index (χ4v) is 4.66. The number of halogens is 1. The van der Waals surface area contributed by atoms with Crippen LogP contribution in [-0.4, -0.2) is 46.9 Å². The van der Waals surface area contributed by atoms with Crippen LogP contribution in [0.25, 0.3) is 28.3 Å². The highest BCUT2D eigenvalue weighted by Gasteiger charge is 2.33. The van der Waals surface area contributed by atoms with Gasteiger partial charge < -0.3 is 10.1 Å². The van der Waals surface area contributed by atoms with Crippen LogP contribution in [0.1, 0.15) is 39.8 Å². The van der Waals surface area contributed by atoms with Gasteiger partial charge in [0.1, 0.15) is 11.4 Å². The number of nitrogens with zero attached hydrogens (tertiary/aromatic N) is 6. The lowest BCUT2D eigenvalue weighted by molar-refractivity contribution is -0.120. The highest BCUT2D eigenvalue weighted by atomic mass is 19.1. The second-order valence-corrected chi connectivity index (χ2v) is 9.52. The zero-order valence-corrected chi connectivity index (χ0v) is 19.3. The van der Waals surface area contributed by atoms with Crippen LogP contribution in [0.3, 0.4) is 0 Å². The van der Waals surface area contributed by atoms with Crippen molar-refractivity contribution in [1.82, 2.24) is 34.7 Å². The van der Waals surface area contributed by atoms with Gasteiger partial charge in [-0.05, 0) is 57.9 Å². The molecule has 5 rings (SSSR count). The summed E-state index contributed by atoms with van der Waals surface area (Å²) < 4.78 is 21.8. The average Bonchev–Trinajstić information content (AvgIpc) is 3.40. The zero-order chi connectivity index (χ0) is 24.1. The van der Waals surface area contributed by atoms with Crippen molar-refractivity contribution in [1.29, 1.82) is 0 Å². The third-order valence-corrected chi connectivity index (χ3v) is 5.64. The molecule has 34 heavy (non-hydrogen) atoms. The molecule has 10 heteroatoms. The van der Waals surface area contributed by atoms with Gasteiger partial charge in [-0.1, -0.05) is 6.08 Å². The number of ether oxygens (including phenoxy) is 1. The molecule has 4 heterocycles. The van der Waals surface area contributed by atoms with Gasteiger partial charge in [0.2, 0.25) is 11.7 Å². The van der Waals surface area contributed by atoms with Crippen molar-refractivity contribution in [2.45, 2.75) is 45.2 Å². The summed E-state index contributed by atoms with van der Waals surface area (Å²) in [6, 6.07) is 6.65. The zero-order valence-electron chi connectivity index (χ0n) is 19.3. The number of hydrogen-bond acceptors (Lipinski definition) is 7. The van der Waals surface area contributed by atoms with E-state index in [1.165, 1.54) is 21.6 Å². The summed E-state index contributed by atoms with van der Waals surface area (Å²) in [5, 5.41) is 11.7. The molecule has 0 unspecified atom stereocenters. The SMILES string of the molecule is CC1(C)C=C(c2ccn3c(F)c(-c4ccc(-n5nccn5)cc4OC=O)nc3n2)CC(C)(C)N1. The van der Waals surface area contributed by atoms with Gasteiger partial charge in [0, 0.05) is 28.9 Å². The first kappa shape index (κ1) is 21.9. The third-order valence-electron chi connectivity index (χ3n) is 5.64. The molecule has 1 aliphatic heterocycles. The van der Waals surface area contributed by atoms with E-state index in [9.17, 15) is 4.79 Å². The maximum atomic E-state index is 15.4. The predicted molar refractivity (Wildman–Crippen MR) is 124 cm³/mol. The Morgan fingerprint density at radius 1 is 1.12 bits per heavy atom. The fraction of sp³-hybridized carbons (Fsp3) is 0.292. The minimum Gasteiger partial charge on any atom is -0.428 e. The second-order valence-electron chi connectivity index (χ2n) is 9.52. The highest BCUT2D eigenvalue weighted by Crippen LogP contribution is 2.35. The first-order chi connectivity index (χ1) is 16.2. The van der Waals surface area contributed by atoms with E-state index in [4.69, 9.17) is 4.74 Å². The Morgan fingerprint density at radius 2 is 1.88 bits per heavy atom. The first-order valence-corrected chi connectivity index (χ1v) is 10.8. The van der Waals surface area contributed by atoms with E-state index in [0.717, 1.165) is 17.7 Å². The van der Waals surface area contributed by atoms with Crippen LogP contribution in [0.2, 0.25) is 0 Å². The number of rotatable bonds is 5. The molecule has 1 N–H and O–H groups in total. The lowest BCUT2D eigenvalue weighted by atomic mass is 9.82. The molecule has 9 nitrogen and oxygen atoms in total.